The fourth-order valence-electron chi connectivity index (χ4n) is 4.20. The van der Waals surface area contributed by atoms with Gasteiger partial charge < -0.3 is 14.8 Å². The second kappa shape index (κ2) is 10.1. The molecule has 2 amide bonds. The summed E-state index contributed by atoms with van der Waals surface area (Å²) in [5, 5.41) is 3.07. The fraction of sp³-hybridized carbons (Fsp3) is 0.320. The molecule has 4 nitrogen and oxygen atoms in total. The summed E-state index contributed by atoms with van der Waals surface area (Å²) in [6.45, 7) is 1.19. The Hall–Kier alpha value is -2.60. The van der Waals surface area contributed by atoms with Gasteiger partial charge >= 0.3 is 6.03 Å². The molecule has 1 heterocycles. The molecule has 1 aliphatic carbocycles. The quantitative estimate of drug-likeness (QED) is 0.410. The van der Waals surface area contributed by atoms with E-state index in [1.165, 1.54) is 18.6 Å². The maximum Gasteiger partial charge on any atom is 0.322 e. The normalized spacial score (nSPS) is 14.4. The SMILES string of the molecule is O=C(Nc1ccc(Br)cc1)N(Cc1cccn1Cc1ccc(F)cc1)C1CCCCC1. The molecule has 0 spiro atoms. The van der Waals surface area contributed by atoms with Crippen molar-refractivity contribution in [1.82, 2.24) is 9.47 Å². The van der Waals surface area contributed by atoms with Crippen LogP contribution in [0.15, 0.2) is 71.3 Å². The van der Waals surface area contributed by atoms with E-state index in [4.69, 9.17) is 0 Å². The molecule has 6 heteroatoms. The predicted molar refractivity (Wildman–Crippen MR) is 126 cm³/mol. The van der Waals surface area contributed by atoms with Crippen LogP contribution in [0.25, 0.3) is 0 Å². The molecule has 1 saturated carbocycles. The highest BCUT2D eigenvalue weighted by atomic mass is 79.9. The monoisotopic (exact) mass is 483 g/mol. The van der Waals surface area contributed by atoms with Crippen molar-refractivity contribution in [2.75, 3.05) is 5.32 Å². The van der Waals surface area contributed by atoms with Gasteiger partial charge in [-0.3, -0.25) is 0 Å². The molecule has 0 saturated heterocycles. The summed E-state index contributed by atoms with van der Waals surface area (Å²) < 4.78 is 16.4. The number of nitrogens with one attached hydrogen (secondary N) is 1. The van der Waals surface area contributed by atoms with Crippen molar-refractivity contribution in [3.8, 4) is 0 Å². The van der Waals surface area contributed by atoms with E-state index in [2.05, 4.69) is 31.9 Å². The molecule has 0 radical (unpaired) electrons. The van der Waals surface area contributed by atoms with Crippen molar-refractivity contribution < 1.29 is 9.18 Å². The second-order valence-corrected chi connectivity index (χ2v) is 9.03. The van der Waals surface area contributed by atoms with Crippen LogP contribution in [-0.2, 0) is 13.1 Å². The number of hydrogen-bond acceptors (Lipinski definition) is 1. The largest absolute Gasteiger partial charge is 0.345 e. The Morgan fingerprint density at radius 1 is 1.03 bits per heavy atom. The third-order valence-corrected chi connectivity index (χ3v) is 6.42. The van der Waals surface area contributed by atoms with Gasteiger partial charge in [0.15, 0.2) is 0 Å². The molecule has 0 unspecified atom stereocenters. The van der Waals surface area contributed by atoms with Gasteiger partial charge in [-0.25, -0.2) is 9.18 Å². The van der Waals surface area contributed by atoms with Gasteiger partial charge in [0.2, 0.25) is 0 Å². The summed E-state index contributed by atoms with van der Waals surface area (Å²) in [5.41, 5.74) is 2.89. The minimum atomic E-state index is -0.232. The number of nitrogens with zero attached hydrogens (tertiary/aromatic N) is 2. The first kappa shape index (κ1) is 21.6. The summed E-state index contributed by atoms with van der Waals surface area (Å²) in [6.07, 6.45) is 7.63. The molecule has 1 fully saturated rings. The average Bonchev–Trinajstić information content (AvgIpc) is 3.22. The minimum absolute atomic E-state index is 0.0660. The molecule has 1 N–H and O–H groups in total. The number of hydrogen-bond donors (Lipinski definition) is 1. The number of carbonyl (C=O) groups is 1. The van der Waals surface area contributed by atoms with E-state index in [1.54, 1.807) is 12.1 Å². The number of carbonyl (C=O) groups excluding carboxylic acids is 1. The summed E-state index contributed by atoms with van der Waals surface area (Å²) in [4.78, 5) is 15.3. The first-order valence-electron chi connectivity index (χ1n) is 10.8. The third kappa shape index (κ3) is 5.76. The van der Waals surface area contributed by atoms with Gasteiger partial charge in [0.05, 0.1) is 6.54 Å². The molecule has 2 aromatic carbocycles. The zero-order valence-corrected chi connectivity index (χ0v) is 19.0. The Labute approximate surface area is 191 Å². The highest BCUT2D eigenvalue weighted by molar-refractivity contribution is 9.10. The predicted octanol–water partition coefficient (Wildman–Crippen LogP) is 6.80. The molecule has 0 bridgehead atoms. The number of amides is 2. The van der Waals surface area contributed by atoms with Crippen LogP contribution in [0.1, 0.15) is 43.4 Å². The van der Waals surface area contributed by atoms with Crippen molar-refractivity contribution >= 4 is 27.6 Å². The van der Waals surface area contributed by atoms with Crippen molar-refractivity contribution in [2.45, 2.75) is 51.2 Å². The molecule has 3 aromatic rings. The van der Waals surface area contributed by atoms with Gasteiger partial charge in [0, 0.05) is 34.6 Å². The second-order valence-electron chi connectivity index (χ2n) is 8.11. The van der Waals surface area contributed by atoms with E-state index in [1.807, 2.05) is 41.4 Å². The van der Waals surface area contributed by atoms with Gasteiger partial charge in [-0.1, -0.05) is 47.3 Å². The van der Waals surface area contributed by atoms with E-state index < -0.39 is 0 Å². The maximum absolute atomic E-state index is 13.3. The molecule has 162 valence electrons. The van der Waals surface area contributed by atoms with Gasteiger partial charge in [0.25, 0.3) is 0 Å². The molecule has 1 aromatic heterocycles. The summed E-state index contributed by atoms with van der Waals surface area (Å²) in [7, 11) is 0. The van der Waals surface area contributed by atoms with Crippen LogP contribution in [0.3, 0.4) is 0 Å². The van der Waals surface area contributed by atoms with Crippen molar-refractivity contribution in [2.24, 2.45) is 0 Å². The lowest BCUT2D eigenvalue weighted by Crippen LogP contribution is -2.43. The molecular formula is C25H27BrFN3O. The van der Waals surface area contributed by atoms with E-state index in [0.717, 1.165) is 47.1 Å². The zero-order chi connectivity index (χ0) is 21.6. The number of anilines is 1. The Morgan fingerprint density at radius 2 is 1.74 bits per heavy atom. The van der Waals surface area contributed by atoms with Crippen LogP contribution >= 0.6 is 15.9 Å². The van der Waals surface area contributed by atoms with Gasteiger partial charge in [-0.15, -0.1) is 0 Å². The number of aromatic nitrogens is 1. The van der Waals surface area contributed by atoms with Crippen LogP contribution in [-0.4, -0.2) is 21.5 Å². The van der Waals surface area contributed by atoms with Crippen LogP contribution in [0.4, 0.5) is 14.9 Å². The van der Waals surface area contributed by atoms with Gasteiger partial charge in [0.1, 0.15) is 5.82 Å². The number of rotatable bonds is 6. The van der Waals surface area contributed by atoms with Gasteiger partial charge in [-0.05, 0) is 66.9 Å². The Balaban J connectivity index is 1.52. The zero-order valence-electron chi connectivity index (χ0n) is 17.4. The molecule has 4 rings (SSSR count). The van der Waals surface area contributed by atoms with E-state index in [-0.39, 0.29) is 17.9 Å². The Bertz CT molecular complexity index is 994. The fourth-order valence-corrected chi connectivity index (χ4v) is 4.46. The Kier molecular flexibility index (Phi) is 7.07. The van der Waals surface area contributed by atoms with Gasteiger partial charge in [-0.2, -0.15) is 0 Å². The topological polar surface area (TPSA) is 37.3 Å². The van der Waals surface area contributed by atoms with E-state index in [9.17, 15) is 9.18 Å². The maximum atomic E-state index is 13.3. The van der Waals surface area contributed by atoms with E-state index in [0.29, 0.717) is 13.1 Å². The molecule has 31 heavy (non-hydrogen) atoms. The van der Waals surface area contributed by atoms with Crippen molar-refractivity contribution in [3.05, 3.63) is 88.4 Å². The molecule has 0 aliphatic heterocycles. The molecule has 1 aliphatic rings. The average molecular weight is 484 g/mol. The minimum Gasteiger partial charge on any atom is -0.345 e. The lowest BCUT2D eigenvalue weighted by molar-refractivity contribution is 0.161. The standard InChI is InChI=1S/C25H27BrFN3O/c26-20-10-14-22(15-11-20)28-25(31)30(23-5-2-1-3-6-23)18-24-7-4-16-29(24)17-19-8-12-21(27)13-9-19/h4,7-16,23H,1-3,5-6,17-18H2,(H,28,31). The number of benzene rings is 2. The first-order valence-corrected chi connectivity index (χ1v) is 11.6. The van der Waals surface area contributed by atoms with Crippen LogP contribution < -0.4 is 5.32 Å². The highest BCUT2D eigenvalue weighted by Crippen LogP contribution is 2.26. The summed E-state index contributed by atoms with van der Waals surface area (Å²) >= 11 is 3.44. The van der Waals surface area contributed by atoms with Crippen molar-refractivity contribution in [1.29, 1.82) is 0 Å². The smallest absolute Gasteiger partial charge is 0.322 e. The lowest BCUT2D eigenvalue weighted by atomic mass is 9.94. The molecule has 0 atom stereocenters. The first-order chi connectivity index (χ1) is 15.1. The number of halogens is 2. The summed E-state index contributed by atoms with van der Waals surface area (Å²) in [6, 6.07) is 18.5. The van der Waals surface area contributed by atoms with Crippen LogP contribution in [0.2, 0.25) is 0 Å². The highest BCUT2D eigenvalue weighted by Gasteiger charge is 2.26. The van der Waals surface area contributed by atoms with E-state index >= 15 is 0 Å². The Morgan fingerprint density at radius 3 is 2.45 bits per heavy atom. The molecular weight excluding hydrogens is 457 g/mol. The van der Waals surface area contributed by atoms with Crippen LogP contribution in [0, 0.1) is 5.82 Å². The lowest BCUT2D eigenvalue weighted by Gasteiger charge is -2.34. The summed E-state index contributed by atoms with van der Waals surface area (Å²) in [5.74, 6) is -0.232. The third-order valence-electron chi connectivity index (χ3n) is 5.89. The van der Waals surface area contributed by atoms with Crippen LogP contribution in [0.5, 0.6) is 0 Å². The van der Waals surface area contributed by atoms with Crippen molar-refractivity contribution in [3.63, 3.8) is 0 Å². The number of urea groups is 1.